The average Bonchev–Trinajstić information content (AvgIpc) is 3.67. The van der Waals surface area contributed by atoms with Gasteiger partial charge in [0.1, 0.15) is 0 Å². The topological polar surface area (TPSA) is 57.4 Å². The Morgan fingerprint density at radius 2 is 0.896 bits per heavy atom. The Kier molecular flexibility index (Phi) is 6.22. The van der Waals surface area contributed by atoms with E-state index in [1.54, 1.807) is 0 Å². The molecule has 4 nitrogen and oxygen atoms in total. The van der Waals surface area contributed by atoms with Crippen LogP contribution in [-0.4, -0.2) is 9.13 Å². The molecule has 2 heterocycles. The molecule has 2 aromatic heterocycles. The fraction of sp³-hybridized carbons (Fsp3) is 0. The lowest BCUT2D eigenvalue weighted by molar-refractivity contribution is 1.18. The minimum atomic E-state index is 0.603. The maximum atomic E-state index is 9.99. The molecule has 222 valence electrons. The van der Waals surface area contributed by atoms with Crippen LogP contribution >= 0.6 is 0 Å². The summed E-state index contributed by atoms with van der Waals surface area (Å²) in [6.07, 6.45) is 0. The van der Waals surface area contributed by atoms with Crippen molar-refractivity contribution in [2.75, 3.05) is 0 Å². The standard InChI is InChI=1S/C44H26N4/c45-27-29-17-23-33(31-19-21-32(22-20-31)47-40-13-5-1-9-34(40)35-10-2-6-14-41(35)47)38(25-29)36-11-3-7-15-42(36)48-43-16-8-4-12-37(43)39-26-30(28-46)18-24-44(39)48/h1-26H. The first-order chi connectivity index (χ1) is 23.7. The molecular formula is C44H26N4. The number of rotatable bonds is 4. The molecule has 0 spiro atoms. The van der Waals surface area contributed by atoms with E-state index in [1.165, 1.54) is 21.8 Å². The third-order valence-electron chi connectivity index (χ3n) is 9.40. The van der Waals surface area contributed by atoms with Gasteiger partial charge in [0.2, 0.25) is 0 Å². The van der Waals surface area contributed by atoms with Crippen molar-refractivity contribution in [3.63, 3.8) is 0 Å². The lowest BCUT2D eigenvalue weighted by Crippen LogP contribution is -1.99. The minimum absolute atomic E-state index is 0.603. The summed E-state index contributed by atoms with van der Waals surface area (Å²) in [5.74, 6) is 0. The molecule has 0 aliphatic carbocycles. The fourth-order valence-corrected chi connectivity index (χ4v) is 7.28. The minimum Gasteiger partial charge on any atom is -0.309 e. The average molecular weight is 611 g/mol. The van der Waals surface area contributed by atoms with Crippen molar-refractivity contribution in [3.05, 3.63) is 169 Å². The highest BCUT2D eigenvalue weighted by atomic mass is 15.0. The zero-order valence-corrected chi connectivity index (χ0v) is 25.8. The molecule has 0 fully saturated rings. The van der Waals surface area contributed by atoms with E-state index < -0.39 is 0 Å². The van der Waals surface area contributed by atoms with Gasteiger partial charge in [0.05, 0.1) is 51.0 Å². The molecule has 9 rings (SSSR count). The molecule has 0 radical (unpaired) electrons. The second kappa shape index (κ2) is 10.9. The summed E-state index contributed by atoms with van der Waals surface area (Å²) in [6, 6.07) is 59.0. The predicted molar refractivity (Wildman–Crippen MR) is 195 cm³/mol. The first kappa shape index (κ1) is 27.4. The quantitative estimate of drug-likeness (QED) is 0.199. The molecule has 0 saturated heterocycles. The van der Waals surface area contributed by atoms with Crippen LogP contribution < -0.4 is 0 Å². The van der Waals surface area contributed by atoms with E-state index in [-0.39, 0.29) is 0 Å². The second-order valence-corrected chi connectivity index (χ2v) is 12.0. The van der Waals surface area contributed by atoms with Gasteiger partial charge in [-0.15, -0.1) is 0 Å². The Hall–Kier alpha value is -6.88. The summed E-state index contributed by atoms with van der Waals surface area (Å²) in [6.45, 7) is 0. The van der Waals surface area contributed by atoms with Gasteiger partial charge in [-0.25, -0.2) is 0 Å². The van der Waals surface area contributed by atoms with Crippen LogP contribution in [0.5, 0.6) is 0 Å². The second-order valence-electron chi connectivity index (χ2n) is 12.0. The number of para-hydroxylation sites is 4. The molecule has 0 saturated carbocycles. The molecule has 4 heteroatoms. The lowest BCUT2D eigenvalue weighted by Gasteiger charge is -2.17. The van der Waals surface area contributed by atoms with Gasteiger partial charge in [-0.1, -0.05) is 91.0 Å². The van der Waals surface area contributed by atoms with E-state index in [2.05, 4.69) is 137 Å². The Bertz CT molecular complexity index is 2750. The predicted octanol–water partition coefficient (Wildman–Crippen LogP) is 11.0. The summed E-state index contributed by atoms with van der Waals surface area (Å²) in [5.41, 5.74) is 11.9. The normalized spacial score (nSPS) is 11.3. The van der Waals surface area contributed by atoms with Crippen LogP contribution in [0, 0.1) is 22.7 Å². The molecule has 0 N–H and O–H groups in total. The van der Waals surface area contributed by atoms with Gasteiger partial charge in [0, 0.05) is 32.8 Å². The van der Waals surface area contributed by atoms with Crippen molar-refractivity contribution < 1.29 is 0 Å². The van der Waals surface area contributed by atoms with Crippen LogP contribution in [-0.2, 0) is 0 Å². The first-order valence-electron chi connectivity index (χ1n) is 15.9. The lowest BCUT2D eigenvalue weighted by atomic mass is 9.91. The summed E-state index contributed by atoms with van der Waals surface area (Å²) in [7, 11) is 0. The highest BCUT2D eigenvalue weighted by molar-refractivity contribution is 6.11. The summed E-state index contributed by atoms with van der Waals surface area (Å²) in [4.78, 5) is 0. The van der Waals surface area contributed by atoms with Gasteiger partial charge in [0.25, 0.3) is 0 Å². The Morgan fingerprint density at radius 3 is 1.56 bits per heavy atom. The maximum absolute atomic E-state index is 9.99. The zero-order chi connectivity index (χ0) is 32.2. The van der Waals surface area contributed by atoms with E-state index in [0.717, 1.165) is 55.4 Å². The van der Waals surface area contributed by atoms with Crippen molar-refractivity contribution in [1.82, 2.24) is 9.13 Å². The molecule has 0 aliphatic heterocycles. The number of nitrogens with zero attached hydrogens (tertiary/aromatic N) is 4. The van der Waals surface area contributed by atoms with Crippen molar-refractivity contribution in [2.24, 2.45) is 0 Å². The van der Waals surface area contributed by atoms with Gasteiger partial charge in [-0.2, -0.15) is 10.5 Å². The molecule has 0 atom stereocenters. The molecule has 9 aromatic rings. The van der Waals surface area contributed by atoms with Crippen molar-refractivity contribution in [1.29, 1.82) is 10.5 Å². The summed E-state index contributed by atoms with van der Waals surface area (Å²) >= 11 is 0. The zero-order valence-electron chi connectivity index (χ0n) is 25.8. The first-order valence-corrected chi connectivity index (χ1v) is 15.9. The van der Waals surface area contributed by atoms with Gasteiger partial charge in [0.15, 0.2) is 0 Å². The highest BCUT2D eigenvalue weighted by Crippen LogP contribution is 2.41. The van der Waals surface area contributed by atoms with Crippen molar-refractivity contribution in [3.8, 4) is 45.8 Å². The van der Waals surface area contributed by atoms with Gasteiger partial charge in [-0.3, -0.25) is 0 Å². The van der Waals surface area contributed by atoms with E-state index in [4.69, 9.17) is 0 Å². The number of hydrogen-bond donors (Lipinski definition) is 0. The Balaban J connectivity index is 1.24. The number of hydrogen-bond acceptors (Lipinski definition) is 2. The molecule has 0 amide bonds. The molecule has 7 aromatic carbocycles. The van der Waals surface area contributed by atoms with Crippen molar-refractivity contribution in [2.45, 2.75) is 0 Å². The van der Waals surface area contributed by atoms with Crippen LogP contribution in [0.25, 0.3) is 77.2 Å². The highest BCUT2D eigenvalue weighted by Gasteiger charge is 2.19. The monoisotopic (exact) mass is 610 g/mol. The van der Waals surface area contributed by atoms with Gasteiger partial charge >= 0.3 is 0 Å². The number of nitriles is 2. The Labute approximate surface area is 277 Å². The largest absolute Gasteiger partial charge is 0.309 e. The molecule has 0 bridgehead atoms. The maximum Gasteiger partial charge on any atom is 0.0991 e. The molecule has 0 aliphatic rings. The third-order valence-corrected chi connectivity index (χ3v) is 9.40. The fourth-order valence-electron chi connectivity index (χ4n) is 7.28. The van der Waals surface area contributed by atoms with Crippen LogP contribution in [0.3, 0.4) is 0 Å². The number of benzene rings is 7. The third kappa shape index (κ3) is 4.14. The summed E-state index contributed by atoms with van der Waals surface area (Å²) in [5, 5.41) is 24.2. The van der Waals surface area contributed by atoms with Crippen molar-refractivity contribution >= 4 is 43.6 Å². The summed E-state index contributed by atoms with van der Waals surface area (Å²) < 4.78 is 4.60. The van der Waals surface area contributed by atoms with E-state index in [1.807, 2.05) is 42.5 Å². The van der Waals surface area contributed by atoms with Crippen LogP contribution in [0.2, 0.25) is 0 Å². The van der Waals surface area contributed by atoms with E-state index in [0.29, 0.717) is 11.1 Å². The smallest absolute Gasteiger partial charge is 0.0991 e. The molecular weight excluding hydrogens is 585 g/mol. The number of fused-ring (bicyclic) bond motifs is 6. The van der Waals surface area contributed by atoms with Crippen LogP contribution in [0.1, 0.15) is 11.1 Å². The Morgan fingerprint density at radius 1 is 0.375 bits per heavy atom. The molecule has 0 unspecified atom stereocenters. The molecule has 48 heavy (non-hydrogen) atoms. The van der Waals surface area contributed by atoms with Crippen LogP contribution in [0.15, 0.2) is 158 Å². The van der Waals surface area contributed by atoms with Gasteiger partial charge < -0.3 is 9.13 Å². The number of aromatic nitrogens is 2. The van der Waals surface area contributed by atoms with Crippen LogP contribution in [0.4, 0.5) is 0 Å². The SMILES string of the molecule is N#Cc1ccc(-c2ccc(-n3c4ccccc4c4ccccc43)cc2)c(-c2ccccc2-n2c3ccccc3c3cc(C#N)ccc32)c1. The van der Waals surface area contributed by atoms with E-state index >= 15 is 0 Å². The van der Waals surface area contributed by atoms with E-state index in [9.17, 15) is 10.5 Å². The van der Waals surface area contributed by atoms with Gasteiger partial charge in [-0.05, 0) is 83.4 Å².